The van der Waals surface area contributed by atoms with Crippen LogP contribution in [-0.4, -0.2) is 193 Å². The molecule has 0 radical (unpaired) electrons. The van der Waals surface area contributed by atoms with Crippen LogP contribution in [0.3, 0.4) is 0 Å². The van der Waals surface area contributed by atoms with Crippen LogP contribution in [0.1, 0.15) is 322 Å². The molecule has 12 N–H and O–H groups in total. The molecule has 3 saturated heterocycles. The molecule has 3 aliphatic heterocycles. The Labute approximate surface area is 599 Å². The molecular weight excluding hydrogens is 1260 g/mol. The maximum Gasteiger partial charge on any atom is 0.220 e. The third-order valence-electron chi connectivity index (χ3n) is 20.1. The smallest absolute Gasteiger partial charge is 0.220 e. The number of ether oxygens (including phenoxy) is 6. The highest BCUT2D eigenvalue weighted by Crippen LogP contribution is 2.33. The highest BCUT2D eigenvalue weighted by atomic mass is 16.8. The van der Waals surface area contributed by atoms with Crippen molar-refractivity contribution >= 4 is 5.91 Å². The summed E-state index contributed by atoms with van der Waals surface area (Å²) < 4.78 is 34.4. The number of hydrogen-bond acceptors (Lipinski definition) is 18. The summed E-state index contributed by atoms with van der Waals surface area (Å²) in [5.41, 5.74) is 0. The van der Waals surface area contributed by atoms with Crippen LogP contribution in [-0.2, 0) is 33.2 Å². The van der Waals surface area contributed by atoms with Crippen LogP contribution in [0.5, 0.6) is 0 Å². The third-order valence-corrected chi connectivity index (χ3v) is 20.1. The second kappa shape index (κ2) is 61.0. The van der Waals surface area contributed by atoms with E-state index in [1.807, 2.05) is 6.08 Å². The number of carbonyl (C=O) groups excluding carboxylic acids is 1. The van der Waals surface area contributed by atoms with Crippen LogP contribution in [0.2, 0.25) is 0 Å². The largest absolute Gasteiger partial charge is 0.394 e. The van der Waals surface area contributed by atoms with Gasteiger partial charge in [0, 0.05) is 6.42 Å². The van der Waals surface area contributed by atoms with Gasteiger partial charge < -0.3 is 89.9 Å². The summed E-state index contributed by atoms with van der Waals surface area (Å²) >= 11 is 0. The standard InChI is InChI=1S/C80H147NO18/c1-3-5-7-9-11-13-15-17-19-21-23-25-27-28-29-30-31-32-33-34-36-37-39-41-43-45-47-49-51-53-55-57-64(85)63(81-68(86)58-56-54-52-50-48-46-44-42-40-38-35-26-24-22-20-18-16-14-12-10-8-6-4-2)62-94-78-74(92)71(89)76(66(60-83)96-78)99-80-75(93)72(90)77(67(61-84)97-80)98-79-73(91)70(88)69(87)65(59-82)95-79/h22,24,39,41,47,49,55,57,63-67,69-80,82-85,87-93H,3-21,23,25-38,40,42-46,48,50-54,56,58-62H2,1-2H3,(H,81,86)/b24-22-,41-39+,49-47+,57-55+. The molecule has 19 nitrogen and oxygen atoms in total. The van der Waals surface area contributed by atoms with Gasteiger partial charge in [-0.3, -0.25) is 4.79 Å². The number of aliphatic hydroxyl groups excluding tert-OH is 11. The van der Waals surface area contributed by atoms with Crippen molar-refractivity contribution in [1.82, 2.24) is 5.32 Å². The van der Waals surface area contributed by atoms with Gasteiger partial charge in [0.2, 0.25) is 5.91 Å². The van der Waals surface area contributed by atoms with E-state index in [1.54, 1.807) is 6.08 Å². The fraction of sp³-hybridized carbons (Fsp3) is 0.887. The van der Waals surface area contributed by atoms with Crippen molar-refractivity contribution in [3.05, 3.63) is 48.6 Å². The molecule has 1 amide bonds. The van der Waals surface area contributed by atoms with Crippen molar-refractivity contribution in [1.29, 1.82) is 0 Å². The van der Waals surface area contributed by atoms with Crippen LogP contribution in [0.15, 0.2) is 48.6 Å². The molecule has 19 heteroatoms. The van der Waals surface area contributed by atoms with Gasteiger partial charge in [-0.2, -0.15) is 0 Å². The molecule has 0 aromatic rings. The van der Waals surface area contributed by atoms with E-state index in [4.69, 9.17) is 28.4 Å². The first-order valence-electron chi connectivity index (χ1n) is 40.4. The lowest BCUT2D eigenvalue weighted by Crippen LogP contribution is -2.66. The summed E-state index contributed by atoms with van der Waals surface area (Å²) in [6.07, 6.45) is 49.7. The van der Waals surface area contributed by atoms with Gasteiger partial charge in [-0.25, -0.2) is 0 Å². The van der Waals surface area contributed by atoms with Crippen molar-refractivity contribution < 1.29 is 89.4 Å². The number of amides is 1. The van der Waals surface area contributed by atoms with Crippen molar-refractivity contribution in [3.63, 3.8) is 0 Å². The Morgan fingerprint density at radius 2 is 0.646 bits per heavy atom. The Morgan fingerprint density at radius 1 is 0.354 bits per heavy atom. The first kappa shape index (κ1) is 91.0. The van der Waals surface area contributed by atoms with Gasteiger partial charge in [0.05, 0.1) is 38.6 Å². The zero-order valence-corrected chi connectivity index (χ0v) is 62.0. The number of hydrogen-bond donors (Lipinski definition) is 12. The number of unbranched alkanes of at least 4 members (excludes halogenated alkanes) is 42. The lowest BCUT2D eigenvalue weighted by atomic mass is 9.96. The van der Waals surface area contributed by atoms with Gasteiger partial charge in [-0.15, -0.1) is 0 Å². The minimum Gasteiger partial charge on any atom is -0.394 e. The Balaban J connectivity index is 1.40. The van der Waals surface area contributed by atoms with E-state index in [2.05, 4.69) is 55.6 Å². The number of carbonyl (C=O) groups is 1. The van der Waals surface area contributed by atoms with Gasteiger partial charge in [-0.1, -0.05) is 294 Å². The Kier molecular flexibility index (Phi) is 56.0. The van der Waals surface area contributed by atoms with Crippen molar-refractivity contribution in [2.24, 2.45) is 0 Å². The van der Waals surface area contributed by atoms with E-state index in [0.717, 1.165) is 44.9 Å². The fourth-order valence-corrected chi connectivity index (χ4v) is 13.6. The Bertz CT molecular complexity index is 1980. The topological polar surface area (TPSA) is 307 Å². The van der Waals surface area contributed by atoms with E-state index >= 15 is 0 Å². The van der Waals surface area contributed by atoms with E-state index in [1.165, 1.54) is 244 Å². The zero-order valence-electron chi connectivity index (χ0n) is 62.0. The van der Waals surface area contributed by atoms with Gasteiger partial charge in [0.25, 0.3) is 0 Å². The molecule has 3 aliphatic rings. The Morgan fingerprint density at radius 3 is 1.01 bits per heavy atom. The van der Waals surface area contributed by atoms with E-state index < -0.39 is 124 Å². The lowest BCUT2D eigenvalue weighted by Gasteiger charge is -2.48. The minimum atomic E-state index is -1.98. The maximum absolute atomic E-state index is 13.5. The normalized spacial score (nSPS) is 26.8. The molecule has 0 saturated carbocycles. The second-order valence-corrected chi connectivity index (χ2v) is 28.9. The van der Waals surface area contributed by atoms with Crippen LogP contribution < -0.4 is 5.32 Å². The van der Waals surface area contributed by atoms with Crippen LogP contribution in [0.4, 0.5) is 0 Å². The molecule has 17 unspecified atom stereocenters. The third kappa shape index (κ3) is 41.3. The SMILES string of the molecule is CCCCCCCCCC/C=C\CCCCCCCCCCCCCC(=O)NC(COC1OC(CO)C(OC2OC(CO)C(OC3OC(CO)C(O)C(O)C3O)C(O)C2O)C(O)C1O)C(O)/C=C/CC/C=C/CC/C=C/CCCCCCCCCCCCCCCCCCCCCCC. The number of allylic oxidation sites excluding steroid dienone is 7. The summed E-state index contributed by atoms with van der Waals surface area (Å²) in [7, 11) is 0. The van der Waals surface area contributed by atoms with Crippen LogP contribution in [0.25, 0.3) is 0 Å². The molecule has 0 bridgehead atoms. The van der Waals surface area contributed by atoms with Crippen LogP contribution >= 0.6 is 0 Å². The van der Waals surface area contributed by atoms with Crippen molar-refractivity contribution in [2.75, 3.05) is 26.4 Å². The predicted molar refractivity (Wildman–Crippen MR) is 392 cm³/mol. The molecule has 0 aliphatic carbocycles. The van der Waals surface area contributed by atoms with Gasteiger partial charge >= 0.3 is 0 Å². The number of rotatable bonds is 64. The number of nitrogens with one attached hydrogen (secondary N) is 1. The average molecular weight is 1410 g/mol. The fourth-order valence-electron chi connectivity index (χ4n) is 13.6. The summed E-state index contributed by atoms with van der Waals surface area (Å²) in [5, 5.41) is 121. The minimum absolute atomic E-state index is 0.232. The monoisotopic (exact) mass is 1410 g/mol. The molecule has 580 valence electrons. The maximum atomic E-state index is 13.5. The van der Waals surface area contributed by atoms with Gasteiger partial charge in [0.15, 0.2) is 18.9 Å². The molecule has 17 atom stereocenters. The lowest BCUT2D eigenvalue weighted by molar-refractivity contribution is -0.379. The van der Waals surface area contributed by atoms with Gasteiger partial charge in [-0.05, 0) is 70.6 Å². The quantitative estimate of drug-likeness (QED) is 0.0199. The van der Waals surface area contributed by atoms with E-state index in [9.17, 15) is 61.0 Å². The summed E-state index contributed by atoms with van der Waals surface area (Å²) in [4.78, 5) is 13.5. The summed E-state index contributed by atoms with van der Waals surface area (Å²) in [6, 6.07) is -0.999. The Hall–Kier alpha value is -2.25. The van der Waals surface area contributed by atoms with E-state index in [-0.39, 0.29) is 18.9 Å². The highest BCUT2D eigenvalue weighted by molar-refractivity contribution is 5.76. The summed E-state index contributed by atoms with van der Waals surface area (Å²) in [5.74, 6) is -0.287. The molecule has 99 heavy (non-hydrogen) atoms. The molecule has 0 aromatic heterocycles. The molecule has 0 aromatic carbocycles. The molecule has 3 fully saturated rings. The van der Waals surface area contributed by atoms with Crippen molar-refractivity contribution in [3.8, 4) is 0 Å². The highest BCUT2D eigenvalue weighted by Gasteiger charge is 2.54. The van der Waals surface area contributed by atoms with Crippen LogP contribution in [0, 0.1) is 0 Å². The predicted octanol–water partition coefficient (Wildman–Crippen LogP) is 13.3. The van der Waals surface area contributed by atoms with E-state index in [0.29, 0.717) is 12.8 Å². The average Bonchev–Trinajstić information content (AvgIpc) is 0.782. The summed E-state index contributed by atoms with van der Waals surface area (Å²) in [6.45, 7) is 1.75. The molecule has 3 rings (SSSR count). The first-order chi connectivity index (χ1) is 48.3. The molecule has 0 spiro atoms. The van der Waals surface area contributed by atoms with Gasteiger partial charge in [0.1, 0.15) is 73.2 Å². The molecule has 3 heterocycles. The zero-order chi connectivity index (χ0) is 71.8. The second-order valence-electron chi connectivity index (χ2n) is 28.9. The molecular formula is C80H147NO18. The number of aliphatic hydroxyl groups is 11. The first-order valence-corrected chi connectivity index (χ1v) is 40.4. The van der Waals surface area contributed by atoms with Crippen molar-refractivity contribution in [2.45, 2.75) is 426 Å².